The minimum Gasteiger partial charge on any atom is -0.478 e. The molecule has 0 aliphatic carbocycles. The van der Waals surface area contributed by atoms with Crippen LogP contribution in [-0.4, -0.2) is 47.3 Å². The third-order valence-corrected chi connectivity index (χ3v) is 2.50. The Balaban J connectivity index is 2.82. The summed E-state index contributed by atoms with van der Waals surface area (Å²) < 4.78 is 0. The van der Waals surface area contributed by atoms with Crippen molar-refractivity contribution in [2.24, 2.45) is 0 Å². The molecular formula is C12H16N2O4. The Morgan fingerprint density at radius 3 is 2.61 bits per heavy atom. The van der Waals surface area contributed by atoms with Gasteiger partial charge < -0.3 is 20.4 Å². The molecule has 18 heavy (non-hydrogen) atoms. The minimum absolute atomic E-state index is 0.127. The molecule has 0 saturated heterocycles. The molecule has 0 heterocycles. The van der Waals surface area contributed by atoms with Gasteiger partial charge in [0.15, 0.2) is 0 Å². The summed E-state index contributed by atoms with van der Waals surface area (Å²) in [4.78, 5) is 23.9. The van der Waals surface area contributed by atoms with E-state index in [-0.39, 0.29) is 18.7 Å². The van der Waals surface area contributed by atoms with Gasteiger partial charge in [-0.1, -0.05) is 6.07 Å². The first-order valence-electron chi connectivity index (χ1n) is 5.42. The molecule has 6 heteroatoms. The van der Waals surface area contributed by atoms with Crippen molar-refractivity contribution >= 4 is 17.7 Å². The predicted octanol–water partition coefficient (Wildman–Crippen LogP) is 1.15. The number of aliphatic hydroxyl groups is 1. The van der Waals surface area contributed by atoms with Gasteiger partial charge in [0.05, 0.1) is 12.2 Å². The number of urea groups is 1. The highest BCUT2D eigenvalue weighted by atomic mass is 16.4. The molecule has 0 spiro atoms. The van der Waals surface area contributed by atoms with Crippen molar-refractivity contribution in [3.05, 3.63) is 29.3 Å². The Morgan fingerprint density at radius 2 is 2.06 bits per heavy atom. The summed E-state index contributed by atoms with van der Waals surface area (Å²) in [5.41, 5.74) is 1.19. The van der Waals surface area contributed by atoms with E-state index in [2.05, 4.69) is 5.32 Å². The molecule has 0 saturated carbocycles. The Labute approximate surface area is 105 Å². The van der Waals surface area contributed by atoms with Crippen molar-refractivity contribution in [1.82, 2.24) is 4.90 Å². The standard InChI is InChI=1S/C12H16N2O4/c1-8-3-4-9(7-10(8)11(16)17)13-12(18)14(2)5-6-15/h3-4,7,15H,5-6H2,1-2H3,(H,13,18)(H,16,17). The number of aryl methyl sites for hydroxylation is 1. The van der Waals surface area contributed by atoms with Gasteiger partial charge in [0, 0.05) is 19.3 Å². The van der Waals surface area contributed by atoms with Crippen LogP contribution in [0.2, 0.25) is 0 Å². The second kappa shape index (κ2) is 6.02. The SMILES string of the molecule is Cc1ccc(NC(=O)N(C)CCO)cc1C(=O)O. The molecule has 1 aromatic carbocycles. The van der Waals surface area contributed by atoms with Crippen LogP contribution >= 0.6 is 0 Å². The number of rotatable bonds is 4. The van der Waals surface area contributed by atoms with Crippen molar-refractivity contribution < 1.29 is 19.8 Å². The van der Waals surface area contributed by atoms with Crippen LogP contribution in [-0.2, 0) is 0 Å². The fraction of sp³-hybridized carbons (Fsp3) is 0.333. The highest BCUT2D eigenvalue weighted by Crippen LogP contribution is 2.15. The van der Waals surface area contributed by atoms with Gasteiger partial charge in [-0.15, -0.1) is 0 Å². The quantitative estimate of drug-likeness (QED) is 0.749. The third kappa shape index (κ3) is 3.46. The monoisotopic (exact) mass is 252 g/mol. The zero-order chi connectivity index (χ0) is 13.7. The zero-order valence-corrected chi connectivity index (χ0v) is 10.3. The second-order valence-electron chi connectivity index (χ2n) is 3.91. The molecule has 6 nitrogen and oxygen atoms in total. The first-order chi connectivity index (χ1) is 8.45. The third-order valence-electron chi connectivity index (χ3n) is 2.50. The smallest absolute Gasteiger partial charge is 0.336 e. The van der Waals surface area contributed by atoms with E-state index in [9.17, 15) is 9.59 Å². The molecular weight excluding hydrogens is 236 g/mol. The van der Waals surface area contributed by atoms with E-state index in [1.165, 1.54) is 18.0 Å². The Morgan fingerprint density at radius 1 is 1.39 bits per heavy atom. The van der Waals surface area contributed by atoms with Gasteiger partial charge in [-0.2, -0.15) is 0 Å². The predicted molar refractivity (Wildman–Crippen MR) is 66.9 cm³/mol. The van der Waals surface area contributed by atoms with Crippen molar-refractivity contribution in [1.29, 1.82) is 0 Å². The maximum absolute atomic E-state index is 11.6. The summed E-state index contributed by atoms with van der Waals surface area (Å²) in [7, 11) is 1.54. The van der Waals surface area contributed by atoms with Gasteiger partial charge in [0.1, 0.15) is 0 Å². The molecule has 3 N–H and O–H groups in total. The maximum Gasteiger partial charge on any atom is 0.336 e. The van der Waals surface area contributed by atoms with Gasteiger partial charge >= 0.3 is 12.0 Å². The number of carbonyl (C=O) groups excluding carboxylic acids is 1. The highest BCUT2D eigenvalue weighted by molar-refractivity contribution is 5.94. The Kier molecular flexibility index (Phi) is 4.67. The van der Waals surface area contributed by atoms with Gasteiger partial charge in [0.2, 0.25) is 0 Å². The van der Waals surface area contributed by atoms with Crippen LogP contribution in [0.5, 0.6) is 0 Å². The Bertz CT molecular complexity index is 459. The molecule has 0 fully saturated rings. The molecule has 1 aromatic rings. The second-order valence-corrected chi connectivity index (χ2v) is 3.91. The minimum atomic E-state index is -1.03. The number of anilines is 1. The number of carboxylic acids is 1. The van der Waals surface area contributed by atoms with Crippen LogP contribution in [0.15, 0.2) is 18.2 Å². The Hall–Kier alpha value is -2.08. The van der Waals surface area contributed by atoms with Gasteiger partial charge in [-0.05, 0) is 24.6 Å². The molecule has 1 rings (SSSR count). The number of hydrogen-bond donors (Lipinski definition) is 3. The van der Waals surface area contributed by atoms with Crippen molar-refractivity contribution in [3.8, 4) is 0 Å². The number of carbonyl (C=O) groups is 2. The molecule has 2 amide bonds. The number of likely N-dealkylation sites (N-methyl/N-ethyl adjacent to an activating group) is 1. The number of aliphatic hydroxyl groups excluding tert-OH is 1. The van der Waals surface area contributed by atoms with Crippen LogP contribution in [0.25, 0.3) is 0 Å². The van der Waals surface area contributed by atoms with E-state index in [0.717, 1.165) is 0 Å². The van der Waals surface area contributed by atoms with E-state index >= 15 is 0 Å². The summed E-state index contributed by atoms with van der Waals surface area (Å²) in [6, 6.07) is 4.27. The number of amides is 2. The van der Waals surface area contributed by atoms with E-state index in [0.29, 0.717) is 11.3 Å². The molecule has 0 unspecified atom stereocenters. The molecule has 0 bridgehead atoms. The maximum atomic E-state index is 11.6. The van der Waals surface area contributed by atoms with Gasteiger partial charge in [0.25, 0.3) is 0 Å². The number of nitrogens with one attached hydrogen (secondary N) is 1. The highest BCUT2D eigenvalue weighted by Gasteiger charge is 2.11. The van der Waals surface area contributed by atoms with E-state index in [1.807, 2.05) is 0 Å². The summed E-state index contributed by atoms with van der Waals surface area (Å²) in [5.74, 6) is -1.03. The van der Waals surface area contributed by atoms with Crippen molar-refractivity contribution in [2.45, 2.75) is 6.92 Å². The molecule has 98 valence electrons. The fourth-order valence-corrected chi connectivity index (χ4v) is 1.40. The van der Waals surface area contributed by atoms with E-state index in [4.69, 9.17) is 10.2 Å². The molecule has 0 aliphatic rings. The largest absolute Gasteiger partial charge is 0.478 e. The fourth-order valence-electron chi connectivity index (χ4n) is 1.40. The average Bonchev–Trinajstić information content (AvgIpc) is 2.31. The van der Waals surface area contributed by atoms with Crippen LogP contribution in [0, 0.1) is 6.92 Å². The lowest BCUT2D eigenvalue weighted by Gasteiger charge is -2.17. The number of hydrogen-bond acceptors (Lipinski definition) is 3. The number of carboxylic acid groups (broad SMARTS) is 1. The average molecular weight is 252 g/mol. The lowest BCUT2D eigenvalue weighted by molar-refractivity contribution is 0.0696. The number of aromatic carboxylic acids is 1. The molecule has 0 atom stereocenters. The summed E-state index contributed by atoms with van der Waals surface area (Å²) >= 11 is 0. The molecule has 0 aromatic heterocycles. The number of nitrogens with zero attached hydrogens (tertiary/aromatic N) is 1. The first-order valence-corrected chi connectivity index (χ1v) is 5.42. The lowest BCUT2D eigenvalue weighted by Crippen LogP contribution is -2.33. The topological polar surface area (TPSA) is 89.9 Å². The van der Waals surface area contributed by atoms with Crippen LogP contribution in [0.4, 0.5) is 10.5 Å². The van der Waals surface area contributed by atoms with E-state index < -0.39 is 12.0 Å². The summed E-state index contributed by atoms with van der Waals surface area (Å²) in [5, 5.41) is 20.2. The van der Waals surface area contributed by atoms with E-state index in [1.54, 1.807) is 19.1 Å². The molecule has 0 aliphatic heterocycles. The van der Waals surface area contributed by atoms with Crippen LogP contribution in [0.3, 0.4) is 0 Å². The van der Waals surface area contributed by atoms with Crippen LogP contribution < -0.4 is 5.32 Å². The number of benzene rings is 1. The normalized spacial score (nSPS) is 9.94. The molecule has 0 radical (unpaired) electrons. The van der Waals surface area contributed by atoms with Crippen molar-refractivity contribution in [3.63, 3.8) is 0 Å². The van der Waals surface area contributed by atoms with Crippen molar-refractivity contribution in [2.75, 3.05) is 25.5 Å². The summed E-state index contributed by atoms with van der Waals surface area (Å²) in [6.07, 6.45) is 0. The zero-order valence-electron chi connectivity index (χ0n) is 10.3. The van der Waals surface area contributed by atoms with Gasteiger partial charge in [-0.25, -0.2) is 9.59 Å². The van der Waals surface area contributed by atoms with Crippen LogP contribution in [0.1, 0.15) is 15.9 Å². The first kappa shape index (κ1) is 14.0. The lowest BCUT2D eigenvalue weighted by atomic mass is 10.1. The summed E-state index contributed by atoms with van der Waals surface area (Å²) in [6.45, 7) is 1.77. The van der Waals surface area contributed by atoms with Gasteiger partial charge in [-0.3, -0.25) is 0 Å².